The number of rotatable bonds is 4. The lowest BCUT2D eigenvalue weighted by molar-refractivity contribution is -0.276. The molecule has 0 spiro atoms. The summed E-state index contributed by atoms with van der Waals surface area (Å²) < 4.78 is 0. The van der Waals surface area contributed by atoms with Gasteiger partial charge in [-0.05, 0) is 0 Å². The van der Waals surface area contributed by atoms with E-state index in [1.54, 1.807) is 0 Å². The first kappa shape index (κ1) is 15.6. The highest BCUT2D eigenvalue weighted by Gasteiger charge is 2.63. The van der Waals surface area contributed by atoms with Gasteiger partial charge in [-0.1, -0.05) is 13.8 Å². The predicted molar refractivity (Wildman–Crippen MR) is 74.3 cm³/mol. The van der Waals surface area contributed by atoms with Crippen LogP contribution in [0, 0.1) is 10.8 Å². The van der Waals surface area contributed by atoms with Gasteiger partial charge in [0.25, 0.3) is 0 Å². The van der Waals surface area contributed by atoms with Crippen molar-refractivity contribution in [3.8, 4) is 0 Å². The molecule has 0 unspecified atom stereocenters. The number of aliphatic hydroxyl groups is 5. The van der Waals surface area contributed by atoms with E-state index in [2.05, 4.69) is 23.6 Å². The molecule has 4 fully saturated rings. The summed E-state index contributed by atoms with van der Waals surface area (Å²) in [7, 11) is 0. The van der Waals surface area contributed by atoms with E-state index in [4.69, 9.17) is 5.11 Å². The van der Waals surface area contributed by atoms with Crippen molar-refractivity contribution in [3.05, 3.63) is 0 Å². The van der Waals surface area contributed by atoms with Crippen LogP contribution in [0.4, 0.5) is 0 Å². The van der Waals surface area contributed by atoms with Gasteiger partial charge in [-0.15, -0.1) is 0 Å². The quantitative estimate of drug-likeness (QED) is 0.388. The highest BCUT2D eigenvalue weighted by Crippen LogP contribution is 2.51. The van der Waals surface area contributed by atoms with Crippen molar-refractivity contribution >= 4 is 0 Å². The molecule has 4 aliphatic rings. The van der Waals surface area contributed by atoms with E-state index in [1.165, 1.54) is 0 Å². The van der Waals surface area contributed by atoms with Crippen LogP contribution in [0.1, 0.15) is 13.8 Å². The van der Waals surface area contributed by atoms with Gasteiger partial charge in [0, 0.05) is 37.0 Å². The average molecular weight is 302 g/mol. The van der Waals surface area contributed by atoms with Crippen LogP contribution in [0.25, 0.3) is 0 Å². The third kappa shape index (κ3) is 2.15. The van der Waals surface area contributed by atoms with E-state index in [1.807, 2.05) is 0 Å². The molecule has 0 aromatic carbocycles. The normalized spacial score (nSPS) is 52.7. The lowest BCUT2D eigenvalue weighted by Gasteiger charge is -2.68. The Hall–Kier alpha value is -0.280. The molecule has 4 heterocycles. The molecule has 0 aliphatic carbocycles. The van der Waals surface area contributed by atoms with E-state index in [-0.39, 0.29) is 23.1 Å². The van der Waals surface area contributed by atoms with E-state index in [0.29, 0.717) is 26.2 Å². The summed E-state index contributed by atoms with van der Waals surface area (Å²) in [5, 5.41) is 49.5. The molecular formula is C14H26N2O5. The molecule has 7 heteroatoms. The minimum atomic E-state index is -1.39. The first-order valence-corrected chi connectivity index (χ1v) is 7.53. The summed E-state index contributed by atoms with van der Waals surface area (Å²) in [6, 6.07) is 0. The summed E-state index contributed by atoms with van der Waals surface area (Å²) in [5.41, 5.74) is -0.468. The topological polar surface area (TPSA) is 108 Å². The van der Waals surface area contributed by atoms with Crippen molar-refractivity contribution in [2.75, 3.05) is 32.8 Å². The Labute approximate surface area is 124 Å². The van der Waals surface area contributed by atoms with Crippen LogP contribution in [-0.2, 0) is 0 Å². The SMILES string of the molecule is CC12CN3CC(C)(CN(C1)C3[C@@H](O)[C@H](O)[C@H](O)CO)C2O. The van der Waals surface area contributed by atoms with Gasteiger partial charge in [0.2, 0.25) is 0 Å². The molecule has 0 radical (unpaired) electrons. The molecule has 4 bridgehead atoms. The number of piperidine rings is 2. The maximum absolute atomic E-state index is 10.6. The van der Waals surface area contributed by atoms with E-state index in [9.17, 15) is 20.4 Å². The van der Waals surface area contributed by atoms with E-state index in [0.717, 1.165) is 0 Å². The van der Waals surface area contributed by atoms with Gasteiger partial charge < -0.3 is 25.5 Å². The lowest BCUT2D eigenvalue weighted by atomic mass is 9.60. The number of nitrogens with zero attached hydrogens (tertiary/aromatic N) is 2. The summed E-state index contributed by atoms with van der Waals surface area (Å²) in [4.78, 5) is 4.16. The Morgan fingerprint density at radius 1 is 1.00 bits per heavy atom. The molecule has 7 nitrogen and oxygen atoms in total. The smallest absolute Gasteiger partial charge is 0.111 e. The van der Waals surface area contributed by atoms with Crippen LogP contribution < -0.4 is 0 Å². The fraction of sp³-hybridized carbons (Fsp3) is 1.00. The molecule has 0 aromatic heterocycles. The van der Waals surface area contributed by atoms with Gasteiger partial charge in [0.15, 0.2) is 0 Å². The Morgan fingerprint density at radius 2 is 1.43 bits per heavy atom. The third-order valence-corrected chi connectivity index (χ3v) is 5.56. The van der Waals surface area contributed by atoms with Crippen molar-refractivity contribution in [2.45, 2.75) is 44.4 Å². The summed E-state index contributed by atoms with van der Waals surface area (Å²) >= 11 is 0. The van der Waals surface area contributed by atoms with Crippen molar-refractivity contribution in [1.29, 1.82) is 0 Å². The van der Waals surface area contributed by atoms with Gasteiger partial charge in [0.05, 0.1) is 18.9 Å². The van der Waals surface area contributed by atoms with E-state index < -0.39 is 24.9 Å². The molecule has 4 rings (SSSR count). The number of aliphatic hydroxyl groups excluding tert-OH is 5. The van der Waals surface area contributed by atoms with Crippen molar-refractivity contribution in [2.24, 2.45) is 10.8 Å². The molecular weight excluding hydrogens is 276 g/mol. The van der Waals surface area contributed by atoms with Crippen LogP contribution in [0.2, 0.25) is 0 Å². The number of hydrogen-bond donors (Lipinski definition) is 5. The largest absolute Gasteiger partial charge is 0.394 e. The van der Waals surface area contributed by atoms with Crippen LogP contribution >= 0.6 is 0 Å². The van der Waals surface area contributed by atoms with E-state index >= 15 is 0 Å². The molecule has 3 atom stereocenters. The molecule has 0 aromatic rings. The predicted octanol–water partition coefficient (Wildman–Crippen LogP) is -2.59. The van der Waals surface area contributed by atoms with Crippen molar-refractivity contribution in [3.63, 3.8) is 0 Å². The molecule has 4 saturated heterocycles. The highest BCUT2D eigenvalue weighted by atomic mass is 16.4. The maximum Gasteiger partial charge on any atom is 0.111 e. The van der Waals surface area contributed by atoms with Crippen molar-refractivity contribution in [1.82, 2.24) is 9.80 Å². The molecule has 21 heavy (non-hydrogen) atoms. The third-order valence-electron chi connectivity index (χ3n) is 5.56. The fourth-order valence-electron chi connectivity index (χ4n) is 4.80. The minimum absolute atomic E-state index is 0.234. The van der Waals surface area contributed by atoms with Gasteiger partial charge >= 0.3 is 0 Å². The van der Waals surface area contributed by atoms with Gasteiger partial charge in [-0.25, -0.2) is 0 Å². The minimum Gasteiger partial charge on any atom is -0.394 e. The van der Waals surface area contributed by atoms with Crippen LogP contribution in [-0.4, -0.2) is 98.7 Å². The summed E-state index contributed by atoms with van der Waals surface area (Å²) in [6.45, 7) is 6.15. The molecule has 0 amide bonds. The second kappa shape index (κ2) is 4.86. The van der Waals surface area contributed by atoms with Crippen LogP contribution in [0.15, 0.2) is 0 Å². The molecule has 5 N–H and O–H groups in total. The monoisotopic (exact) mass is 302 g/mol. The van der Waals surface area contributed by atoms with Gasteiger partial charge in [-0.2, -0.15) is 0 Å². The maximum atomic E-state index is 10.6. The Balaban J connectivity index is 1.82. The average Bonchev–Trinajstić information content (AvgIpc) is 2.41. The first-order chi connectivity index (χ1) is 9.72. The first-order valence-electron chi connectivity index (χ1n) is 7.53. The van der Waals surface area contributed by atoms with Gasteiger partial charge in [0.1, 0.15) is 18.3 Å². The second-order valence-corrected chi connectivity index (χ2v) is 7.67. The zero-order chi connectivity index (χ0) is 15.6. The van der Waals surface area contributed by atoms with Crippen LogP contribution in [0.5, 0.6) is 0 Å². The number of hydrogen-bond acceptors (Lipinski definition) is 7. The second-order valence-electron chi connectivity index (χ2n) is 7.67. The highest BCUT2D eigenvalue weighted by molar-refractivity contribution is 5.14. The Bertz CT molecular complexity index is 382. The van der Waals surface area contributed by atoms with Crippen LogP contribution in [0.3, 0.4) is 0 Å². The Morgan fingerprint density at radius 3 is 1.81 bits per heavy atom. The molecule has 4 aliphatic heterocycles. The zero-order valence-corrected chi connectivity index (χ0v) is 12.6. The zero-order valence-electron chi connectivity index (χ0n) is 12.6. The summed E-state index contributed by atoms with van der Waals surface area (Å²) in [5.74, 6) is 0. The van der Waals surface area contributed by atoms with Gasteiger partial charge in [-0.3, -0.25) is 9.80 Å². The lowest BCUT2D eigenvalue weighted by Crippen LogP contribution is -2.81. The summed E-state index contributed by atoms with van der Waals surface area (Å²) in [6.07, 6.45) is -4.64. The fourth-order valence-corrected chi connectivity index (χ4v) is 4.80. The standard InChI is InChI=1S/C14H26N2O5/c1-13-4-15-6-14(2,12(13)21)7-16(5-13)11(15)10(20)9(19)8(18)3-17/h8-12,17-21H,3-7H2,1-2H3/t8-,9-,10+,11?,12?,13?,14?/m1/s1. The Kier molecular flexibility index (Phi) is 3.61. The molecule has 122 valence electrons. The molecule has 0 saturated carbocycles. The van der Waals surface area contributed by atoms with Crippen molar-refractivity contribution < 1.29 is 25.5 Å².